The highest BCUT2D eigenvalue weighted by atomic mass is 16.6. The van der Waals surface area contributed by atoms with Gasteiger partial charge in [0.05, 0.1) is 5.60 Å². The fourth-order valence-corrected chi connectivity index (χ4v) is 2.60. The van der Waals surface area contributed by atoms with Crippen LogP contribution in [0.1, 0.15) is 31.4 Å². The fraction of sp³-hybridized carbons (Fsp3) is 0.571. The van der Waals surface area contributed by atoms with E-state index in [0.29, 0.717) is 19.0 Å². The van der Waals surface area contributed by atoms with E-state index in [2.05, 4.69) is 0 Å². The standard InChI is InChI=1S/C14H18O4/c1-14(5-2-6-18-14)13(15)10-3-4-11-12(9-10)17-8-7-16-11/h3-4,9,13,15H,2,5-8H2,1H3. The number of hydrogen-bond acceptors (Lipinski definition) is 4. The summed E-state index contributed by atoms with van der Waals surface area (Å²) in [5, 5.41) is 10.5. The van der Waals surface area contributed by atoms with E-state index >= 15 is 0 Å². The molecule has 0 aliphatic carbocycles. The molecule has 2 unspecified atom stereocenters. The Morgan fingerprint density at radius 1 is 1.17 bits per heavy atom. The molecule has 0 amide bonds. The van der Waals surface area contributed by atoms with Crippen LogP contribution < -0.4 is 9.47 Å². The molecule has 4 nitrogen and oxygen atoms in total. The zero-order chi connectivity index (χ0) is 12.6. The Morgan fingerprint density at radius 3 is 2.67 bits per heavy atom. The average molecular weight is 250 g/mol. The number of fused-ring (bicyclic) bond motifs is 1. The normalized spacial score (nSPS) is 28.1. The van der Waals surface area contributed by atoms with Crippen molar-refractivity contribution in [3.63, 3.8) is 0 Å². The first-order valence-corrected chi connectivity index (χ1v) is 6.41. The molecule has 0 aromatic heterocycles. The summed E-state index contributed by atoms with van der Waals surface area (Å²) in [7, 11) is 0. The molecule has 0 bridgehead atoms. The maximum atomic E-state index is 10.5. The zero-order valence-corrected chi connectivity index (χ0v) is 10.5. The van der Waals surface area contributed by atoms with E-state index < -0.39 is 11.7 Å². The Kier molecular flexibility index (Phi) is 2.92. The van der Waals surface area contributed by atoms with Gasteiger partial charge in [0.15, 0.2) is 11.5 Å². The lowest BCUT2D eigenvalue weighted by Crippen LogP contribution is -2.32. The second kappa shape index (κ2) is 4.44. The minimum absolute atomic E-state index is 0.482. The van der Waals surface area contributed by atoms with Gasteiger partial charge in [-0.1, -0.05) is 6.07 Å². The van der Waals surface area contributed by atoms with Crippen molar-refractivity contribution in [2.45, 2.75) is 31.5 Å². The minimum Gasteiger partial charge on any atom is -0.486 e. The first-order valence-electron chi connectivity index (χ1n) is 6.41. The summed E-state index contributed by atoms with van der Waals surface area (Å²) in [5.41, 5.74) is 0.340. The molecule has 1 aromatic carbocycles. The third-order valence-corrected chi connectivity index (χ3v) is 3.71. The number of benzene rings is 1. The van der Waals surface area contributed by atoms with Crippen molar-refractivity contribution in [3.8, 4) is 11.5 Å². The highest BCUT2D eigenvalue weighted by Gasteiger charge is 2.38. The largest absolute Gasteiger partial charge is 0.486 e. The lowest BCUT2D eigenvalue weighted by Gasteiger charge is -2.30. The van der Waals surface area contributed by atoms with Crippen LogP contribution in [0.15, 0.2) is 18.2 Å². The van der Waals surface area contributed by atoms with Crippen LogP contribution >= 0.6 is 0 Å². The lowest BCUT2D eigenvalue weighted by molar-refractivity contribution is -0.0797. The predicted octanol–water partition coefficient (Wildman–Crippen LogP) is 2.06. The molecule has 1 N–H and O–H groups in total. The minimum atomic E-state index is -0.629. The summed E-state index contributed by atoms with van der Waals surface area (Å²) < 4.78 is 16.7. The Hall–Kier alpha value is -1.26. The SMILES string of the molecule is CC1(C(O)c2ccc3c(c2)OCCO3)CCCO1. The Morgan fingerprint density at radius 2 is 1.94 bits per heavy atom. The van der Waals surface area contributed by atoms with Crippen LogP contribution in [0.5, 0.6) is 11.5 Å². The summed E-state index contributed by atoms with van der Waals surface area (Å²) in [6.45, 7) is 3.82. The van der Waals surface area contributed by atoms with Crippen molar-refractivity contribution in [2.75, 3.05) is 19.8 Å². The van der Waals surface area contributed by atoms with Gasteiger partial charge < -0.3 is 19.3 Å². The molecule has 2 atom stereocenters. The van der Waals surface area contributed by atoms with Crippen LogP contribution in [0.4, 0.5) is 0 Å². The molecule has 2 aliphatic rings. The molecule has 1 fully saturated rings. The van der Waals surface area contributed by atoms with Gasteiger partial charge in [0.1, 0.15) is 19.3 Å². The van der Waals surface area contributed by atoms with Crippen LogP contribution in [0.2, 0.25) is 0 Å². The van der Waals surface area contributed by atoms with Crippen molar-refractivity contribution in [1.82, 2.24) is 0 Å². The summed E-state index contributed by atoms with van der Waals surface area (Å²) in [4.78, 5) is 0. The van der Waals surface area contributed by atoms with Crippen molar-refractivity contribution >= 4 is 0 Å². The number of hydrogen-bond donors (Lipinski definition) is 1. The second-order valence-corrected chi connectivity index (χ2v) is 5.07. The molecule has 4 heteroatoms. The van der Waals surface area contributed by atoms with Gasteiger partial charge in [-0.3, -0.25) is 0 Å². The molecule has 1 saturated heterocycles. The monoisotopic (exact) mass is 250 g/mol. The van der Waals surface area contributed by atoms with E-state index in [1.165, 1.54) is 0 Å². The van der Waals surface area contributed by atoms with Gasteiger partial charge in [0.2, 0.25) is 0 Å². The highest BCUT2D eigenvalue weighted by Crippen LogP contribution is 2.40. The maximum absolute atomic E-state index is 10.5. The van der Waals surface area contributed by atoms with Gasteiger partial charge in [-0.2, -0.15) is 0 Å². The van der Waals surface area contributed by atoms with Gasteiger partial charge in [0, 0.05) is 6.61 Å². The third kappa shape index (κ3) is 1.95. The molecule has 98 valence electrons. The molecule has 3 rings (SSSR count). The Bertz CT molecular complexity index is 437. The zero-order valence-electron chi connectivity index (χ0n) is 10.5. The van der Waals surface area contributed by atoms with E-state index in [1.807, 2.05) is 25.1 Å². The molecule has 2 aliphatic heterocycles. The molecule has 0 radical (unpaired) electrons. The first-order chi connectivity index (χ1) is 8.69. The summed E-state index contributed by atoms with van der Waals surface area (Å²) >= 11 is 0. The second-order valence-electron chi connectivity index (χ2n) is 5.07. The van der Waals surface area contributed by atoms with E-state index in [4.69, 9.17) is 14.2 Å². The number of aliphatic hydroxyl groups is 1. The molecule has 0 saturated carbocycles. The van der Waals surface area contributed by atoms with Crippen LogP contribution in [0.25, 0.3) is 0 Å². The lowest BCUT2D eigenvalue weighted by atomic mass is 9.90. The Labute approximate surface area is 106 Å². The third-order valence-electron chi connectivity index (χ3n) is 3.71. The van der Waals surface area contributed by atoms with Crippen molar-refractivity contribution < 1.29 is 19.3 Å². The van der Waals surface area contributed by atoms with Crippen LogP contribution in [0, 0.1) is 0 Å². The quantitative estimate of drug-likeness (QED) is 0.872. The molecule has 2 heterocycles. The average Bonchev–Trinajstić information content (AvgIpc) is 2.85. The van der Waals surface area contributed by atoms with Gasteiger partial charge in [-0.15, -0.1) is 0 Å². The van der Waals surface area contributed by atoms with Crippen molar-refractivity contribution in [1.29, 1.82) is 0 Å². The summed E-state index contributed by atoms with van der Waals surface area (Å²) in [5.74, 6) is 1.45. The predicted molar refractivity (Wildman–Crippen MR) is 66.0 cm³/mol. The van der Waals surface area contributed by atoms with E-state index in [9.17, 15) is 5.11 Å². The van der Waals surface area contributed by atoms with E-state index in [1.54, 1.807) is 0 Å². The summed E-state index contributed by atoms with van der Waals surface area (Å²) in [6, 6.07) is 5.59. The van der Waals surface area contributed by atoms with E-state index in [0.717, 1.165) is 30.8 Å². The molecule has 0 spiro atoms. The maximum Gasteiger partial charge on any atom is 0.161 e. The van der Waals surface area contributed by atoms with Crippen LogP contribution in [0.3, 0.4) is 0 Å². The van der Waals surface area contributed by atoms with Crippen molar-refractivity contribution in [2.24, 2.45) is 0 Å². The van der Waals surface area contributed by atoms with Crippen LogP contribution in [-0.2, 0) is 4.74 Å². The van der Waals surface area contributed by atoms with Gasteiger partial charge >= 0.3 is 0 Å². The topological polar surface area (TPSA) is 47.9 Å². The fourth-order valence-electron chi connectivity index (χ4n) is 2.60. The number of ether oxygens (including phenoxy) is 3. The summed E-state index contributed by atoms with van der Waals surface area (Å²) in [6.07, 6.45) is 1.25. The first kappa shape index (κ1) is 11.8. The van der Waals surface area contributed by atoms with Gasteiger partial charge in [-0.25, -0.2) is 0 Å². The van der Waals surface area contributed by atoms with Crippen LogP contribution in [-0.4, -0.2) is 30.5 Å². The molecular formula is C14H18O4. The molecular weight excluding hydrogens is 232 g/mol. The number of rotatable bonds is 2. The van der Waals surface area contributed by atoms with Gasteiger partial charge in [0.25, 0.3) is 0 Å². The van der Waals surface area contributed by atoms with E-state index in [-0.39, 0.29) is 0 Å². The molecule has 1 aromatic rings. The smallest absolute Gasteiger partial charge is 0.161 e. The Balaban J connectivity index is 1.87. The van der Waals surface area contributed by atoms with Gasteiger partial charge in [-0.05, 0) is 37.5 Å². The number of aliphatic hydroxyl groups excluding tert-OH is 1. The highest BCUT2D eigenvalue weighted by molar-refractivity contribution is 5.44. The van der Waals surface area contributed by atoms with Crippen molar-refractivity contribution in [3.05, 3.63) is 23.8 Å². The molecule has 18 heavy (non-hydrogen) atoms.